The highest BCUT2D eigenvalue weighted by atomic mass is 32.2. The van der Waals surface area contributed by atoms with Gasteiger partial charge in [-0.15, -0.1) is 16.8 Å². The van der Waals surface area contributed by atoms with Crippen molar-refractivity contribution in [1.82, 2.24) is 14.8 Å². The molecule has 2 aromatic carbocycles. The van der Waals surface area contributed by atoms with E-state index in [9.17, 15) is 18.0 Å². The number of thioether (sulfide) groups is 1. The van der Waals surface area contributed by atoms with Gasteiger partial charge in [-0.2, -0.15) is 0 Å². The van der Waals surface area contributed by atoms with E-state index < -0.39 is 15.8 Å². The van der Waals surface area contributed by atoms with Gasteiger partial charge in [0.2, 0.25) is 5.91 Å². The average Bonchev–Trinajstić information content (AvgIpc) is 3.14. The van der Waals surface area contributed by atoms with E-state index >= 15 is 0 Å². The number of rotatable bonds is 10. The first-order chi connectivity index (χ1) is 15.3. The molecule has 0 aliphatic carbocycles. The molecule has 32 heavy (non-hydrogen) atoms. The number of aromatic nitrogens is 3. The van der Waals surface area contributed by atoms with Crippen molar-refractivity contribution >= 4 is 39.2 Å². The molecule has 0 radical (unpaired) electrons. The molecule has 0 saturated carbocycles. The van der Waals surface area contributed by atoms with E-state index in [0.717, 1.165) is 11.8 Å². The standard InChI is InChI=1S/C21H20N4O5S2/c1-2-11-25-18(14-32(29,30)17-9-4-3-5-10-17)23-24-21(25)31-13-19(26)22-16-8-6-7-15(12-16)20(27)28/h2-10,12H,1,11,13-14H2,(H,22,26)(H,27,28). The molecule has 0 saturated heterocycles. The number of carbonyl (C=O) groups excluding carboxylic acids is 1. The molecule has 0 bridgehead atoms. The number of nitrogens with one attached hydrogen (secondary N) is 1. The Bertz CT molecular complexity index is 1240. The van der Waals surface area contributed by atoms with Crippen LogP contribution in [0.25, 0.3) is 0 Å². The summed E-state index contributed by atoms with van der Waals surface area (Å²) in [4.78, 5) is 23.5. The van der Waals surface area contributed by atoms with Crippen molar-refractivity contribution in [2.45, 2.75) is 22.3 Å². The Hall–Kier alpha value is -3.44. The van der Waals surface area contributed by atoms with E-state index in [2.05, 4.69) is 22.1 Å². The van der Waals surface area contributed by atoms with Crippen molar-refractivity contribution in [3.05, 3.63) is 78.6 Å². The number of sulfone groups is 1. The Morgan fingerprint density at radius 2 is 1.88 bits per heavy atom. The van der Waals surface area contributed by atoms with Gasteiger partial charge in [0.25, 0.3) is 0 Å². The van der Waals surface area contributed by atoms with Crippen LogP contribution in [-0.2, 0) is 26.9 Å². The summed E-state index contributed by atoms with van der Waals surface area (Å²) in [6.45, 7) is 3.96. The highest BCUT2D eigenvalue weighted by Gasteiger charge is 2.21. The lowest BCUT2D eigenvalue weighted by atomic mass is 10.2. The normalized spacial score (nSPS) is 11.1. The summed E-state index contributed by atoms with van der Waals surface area (Å²) in [6.07, 6.45) is 1.59. The number of allylic oxidation sites excluding steroid dienone is 1. The Morgan fingerprint density at radius 1 is 1.12 bits per heavy atom. The zero-order chi connectivity index (χ0) is 23.1. The molecule has 1 aromatic heterocycles. The van der Waals surface area contributed by atoms with Crippen LogP contribution in [0.1, 0.15) is 16.2 Å². The second kappa shape index (κ2) is 10.2. The van der Waals surface area contributed by atoms with Gasteiger partial charge in [-0.05, 0) is 30.3 Å². The Labute approximate surface area is 189 Å². The number of hydrogen-bond acceptors (Lipinski definition) is 7. The van der Waals surface area contributed by atoms with Crippen LogP contribution in [0.2, 0.25) is 0 Å². The number of benzene rings is 2. The lowest BCUT2D eigenvalue weighted by molar-refractivity contribution is -0.113. The lowest BCUT2D eigenvalue weighted by Crippen LogP contribution is -2.15. The van der Waals surface area contributed by atoms with Crippen LogP contribution in [-0.4, -0.2) is 45.9 Å². The van der Waals surface area contributed by atoms with E-state index in [4.69, 9.17) is 5.11 Å². The van der Waals surface area contributed by atoms with Gasteiger partial charge in [0, 0.05) is 12.2 Å². The third-order valence-electron chi connectivity index (χ3n) is 4.25. The van der Waals surface area contributed by atoms with E-state index in [1.165, 1.54) is 30.3 Å². The van der Waals surface area contributed by atoms with Gasteiger partial charge in [-0.25, -0.2) is 13.2 Å². The Balaban J connectivity index is 1.70. The minimum Gasteiger partial charge on any atom is -0.478 e. The van der Waals surface area contributed by atoms with E-state index in [1.807, 2.05) is 0 Å². The van der Waals surface area contributed by atoms with Gasteiger partial charge < -0.3 is 15.0 Å². The zero-order valence-corrected chi connectivity index (χ0v) is 18.5. The number of aromatic carboxylic acids is 1. The van der Waals surface area contributed by atoms with Gasteiger partial charge in [0.15, 0.2) is 15.0 Å². The monoisotopic (exact) mass is 472 g/mol. The topological polar surface area (TPSA) is 131 Å². The number of hydrogen-bond donors (Lipinski definition) is 2. The second-order valence-corrected chi connectivity index (χ2v) is 9.53. The summed E-state index contributed by atoms with van der Waals surface area (Å²) in [7, 11) is -3.62. The van der Waals surface area contributed by atoms with Crippen LogP contribution in [0.15, 0.2) is 77.3 Å². The molecular formula is C21H20N4O5S2. The highest BCUT2D eigenvalue weighted by Crippen LogP contribution is 2.21. The number of nitrogens with zero attached hydrogens (tertiary/aromatic N) is 3. The smallest absolute Gasteiger partial charge is 0.335 e. The summed E-state index contributed by atoms with van der Waals surface area (Å²) >= 11 is 1.09. The average molecular weight is 473 g/mol. The molecule has 0 unspecified atom stereocenters. The van der Waals surface area contributed by atoms with Crippen LogP contribution in [0.4, 0.5) is 5.69 Å². The fourth-order valence-corrected chi connectivity index (χ4v) is 4.84. The predicted molar refractivity (Wildman–Crippen MR) is 120 cm³/mol. The highest BCUT2D eigenvalue weighted by molar-refractivity contribution is 7.99. The molecule has 9 nitrogen and oxygen atoms in total. The van der Waals surface area contributed by atoms with Crippen LogP contribution in [0.5, 0.6) is 0 Å². The maximum atomic E-state index is 12.7. The molecule has 1 amide bonds. The van der Waals surface area contributed by atoms with Crippen molar-refractivity contribution in [1.29, 1.82) is 0 Å². The fraction of sp³-hybridized carbons (Fsp3) is 0.143. The van der Waals surface area contributed by atoms with Crippen molar-refractivity contribution in [3.8, 4) is 0 Å². The molecule has 0 aliphatic heterocycles. The second-order valence-electron chi connectivity index (χ2n) is 6.59. The first-order valence-corrected chi connectivity index (χ1v) is 12.0. The van der Waals surface area contributed by atoms with Crippen LogP contribution in [0, 0.1) is 0 Å². The summed E-state index contributed by atoms with van der Waals surface area (Å²) in [6, 6.07) is 14.0. The third kappa shape index (κ3) is 5.83. The maximum Gasteiger partial charge on any atom is 0.335 e. The molecule has 0 aliphatic rings. The summed E-state index contributed by atoms with van der Waals surface area (Å²) in [5, 5.41) is 20.1. The maximum absolute atomic E-state index is 12.7. The molecule has 0 fully saturated rings. The predicted octanol–water partition coefficient (Wildman–Crippen LogP) is 2.87. The Kier molecular flexibility index (Phi) is 7.44. The molecule has 1 heterocycles. The summed E-state index contributed by atoms with van der Waals surface area (Å²) in [5.74, 6) is -1.59. The molecular weight excluding hydrogens is 452 g/mol. The third-order valence-corrected chi connectivity index (χ3v) is 6.85. The van der Waals surface area contributed by atoms with E-state index in [-0.39, 0.29) is 40.2 Å². The van der Waals surface area contributed by atoms with Gasteiger partial charge in [0.1, 0.15) is 11.6 Å². The quantitative estimate of drug-likeness (QED) is 0.340. The summed E-state index contributed by atoms with van der Waals surface area (Å²) in [5.41, 5.74) is 0.420. The number of amides is 1. The minimum atomic E-state index is -3.62. The van der Waals surface area contributed by atoms with Crippen molar-refractivity contribution < 1.29 is 23.1 Å². The van der Waals surface area contributed by atoms with Gasteiger partial charge >= 0.3 is 5.97 Å². The first-order valence-electron chi connectivity index (χ1n) is 9.37. The molecule has 2 N–H and O–H groups in total. The molecule has 11 heteroatoms. The van der Waals surface area contributed by atoms with Crippen LogP contribution < -0.4 is 5.32 Å². The minimum absolute atomic E-state index is 0.0298. The van der Waals surface area contributed by atoms with Gasteiger partial charge in [0.05, 0.1) is 16.2 Å². The SMILES string of the molecule is C=CCn1c(CS(=O)(=O)c2ccccc2)nnc1SCC(=O)Nc1cccc(C(=O)O)c1. The fourth-order valence-electron chi connectivity index (χ4n) is 2.78. The van der Waals surface area contributed by atoms with Gasteiger partial charge in [-0.3, -0.25) is 4.79 Å². The van der Waals surface area contributed by atoms with Crippen molar-refractivity contribution in [2.24, 2.45) is 0 Å². The molecule has 0 spiro atoms. The van der Waals surface area contributed by atoms with E-state index in [0.29, 0.717) is 10.8 Å². The molecule has 3 rings (SSSR count). The van der Waals surface area contributed by atoms with Crippen molar-refractivity contribution in [3.63, 3.8) is 0 Å². The summed E-state index contributed by atoms with van der Waals surface area (Å²) < 4.78 is 27.0. The lowest BCUT2D eigenvalue weighted by Gasteiger charge is -2.09. The number of anilines is 1. The zero-order valence-electron chi connectivity index (χ0n) is 16.8. The van der Waals surface area contributed by atoms with Crippen LogP contribution >= 0.6 is 11.8 Å². The Morgan fingerprint density at radius 3 is 2.56 bits per heavy atom. The number of carboxylic acid groups (broad SMARTS) is 1. The van der Waals surface area contributed by atoms with E-state index in [1.54, 1.807) is 34.9 Å². The van der Waals surface area contributed by atoms with Crippen LogP contribution in [0.3, 0.4) is 0 Å². The molecule has 166 valence electrons. The van der Waals surface area contributed by atoms with Gasteiger partial charge in [-0.1, -0.05) is 42.1 Å². The first kappa shape index (κ1) is 23.2. The molecule has 3 aromatic rings. The van der Waals surface area contributed by atoms with Crippen molar-refractivity contribution in [2.75, 3.05) is 11.1 Å². The largest absolute Gasteiger partial charge is 0.478 e. The number of carboxylic acids is 1. The number of carbonyl (C=O) groups is 2. The molecule has 0 atom stereocenters.